The molecule has 0 amide bonds. The first kappa shape index (κ1) is 14.7. The highest BCUT2D eigenvalue weighted by Gasteiger charge is 2.21. The molecule has 7 heteroatoms. The minimum atomic E-state index is -4.25. The predicted molar refractivity (Wildman–Crippen MR) is 70.4 cm³/mol. The second-order valence-electron chi connectivity index (χ2n) is 4.02. The fraction of sp³-hybridized carbons (Fsp3) is 0.0769. The van der Waals surface area contributed by atoms with Crippen molar-refractivity contribution >= 4 is 21.7 Å². The van der Waals surface area contributed by atoms with Crippen molar-refractivity contribution in [3.05, 3.63) is 58.6 Å². The van der Waals surface area contributed by atoms with E-state index in [1.54, 1.807) is 0 Å². The first-order chi connectivity index (χ1) is 9.29. The van der Waals surface area contributed by atoms with Crippen LogP contribution in [0.4, 0.5) is 8.78 Å². The molecule has 2 aromatic carbocycles. The van der Waals surface area contributed by atoms with Gasteiger partial charge in [-0.2, -0.15) is 8.42 Å². The first-order valence-electron chi connectivity index (χ1n) is 5.45. The van der Waals surface area contributed by atoms with Gasteiger partial charge in [0, 0.05) is 0 Å². The zero-order chi connectivity index (χ0) is 14.9. The van der Waals surface area contributed by atoms with E-state index in [1.165, 1.54) is 13.0 Å². The van der Waals surface area contributed by atoms with Crippen molar-refractivity contribution in [3.63, 3.8) is 0 Å². The van der Waals surface area contributed by atoms with Crippen LogP contribution in [0.2, 0.25) is 5.02 Å². The molecule has 0 saturated heterocycles. The van der Waals surface area contributed by atoms with Gasteiger partial charge in [-0.3, -0.25) is 0 Å². The van der Waals surface area contributed by atoms with Gasteiger partial charge in [-0.1, -0.05) is 17.7 Å². The fourth-order valence-electron chi connectivity index (χ4n) is 1.55. The molecule has 0 radical (unpaired) electrons. The van der Waals surface area contributed by atoms with Gasteiger partial charge in [0.2, 0.25) is 0 Å². The summed E-state index contributed by atoms with van der Waals surface area (Å²) in [5, 5.41) is -0.192. The number of halogens is 3. The molecule has 0 aliphatic rings. The minimum Gasteiger partial charge on any atom is -0.377 e. The van der Waals surface area contributed by atoms with Crippen LogP contribution in [0.25, 0.3) is 0 Å². The Morgan fingerprint density at radius 2 is 1.65 bits per heavy atom. The Morgan fingerprint density at radius 1 is 1.05 bits per heavy atom. The third-order valence-corrected chi connectivity index (χ3v) is 4.19. The first-order valence-corrected chi connectivity index (χ1v) is 7.24. The van der Waals surface area contributed by atoms with Crippen LogP contribution in [0.3, 0.4) is 0 Å². The summed E-state index contributed by atoms with van der Waals surface area (Å²) in [6.07, 6.45) is 0. The zero-order valence-electron chi connectivity index (χ0n) is 10.2. The maximum atomic E-state index is 13.2. The van der Waals surface area contributed by atoms with Crippen molar-refractivity contribution in [2.24, 2.45) is 0 Å². The molecular formula is C13H9ClF2O3S. The Hall–Kier alpha value is -1.66. The number of aryl methyl sites for hydroxylation is 1. The quantitative estimate of drug-likeness (QED) is 0.811. The van der Waals surface area contributed by atoms with Crippen LogP contribution in [-0.2, 0) is 10.1 Å². The maximum Gasteiger partial charge on any atom is 0.339 e. The van der Waals surface area contributed by atoms with Crippen molar-refractivity contribution < 1.29 is 21.4 Å². The highest BCUT2D eigenvalue weighted by atomic mass is 35.5. The van der Waals surface area contributed by atoms with Gasteiger partial charge in [0.05, 0.1) is 5.02 Å². The van der Waals surface area contributed by atoms with E-state index >= 15 is 0 Å². The Balaban J connectivity index is 2.43. The van der Waals surface area contributed by atoms with Crippen molar-refractivity contribution in [2.75, 3.05) is 0 Å². The lowest BCUT2D eigenvalue weighted by molar-refractivity contribution is 0.483. The molecule has 0 atom stereocenters. The summed E-state index contributed by atoms with van der Waals surface area (Å²) in [5.74, 6) is -1.55. The molecule has 0 bridgehead atoms. The molecule has 2 aromatic rings. The van der Waals surface area contributed by atoms with Crippen LogP contribution in [0.15, 0.2) is 41.3 Å². The Labute approximate surface area is 119 Å². The molecule has 0 aliphatic carbocycles. The molecule has 0 saturated carbocycles. The van der Waals surface area contributed by atoms with Gasteiger partial charge in [-0.05, 0) is 42.8 Å². The average Bonchev–Trinajstić information content (AvgIpc) is 2.35. The molecule has 0 unspecified atom stereocenters. The summed E-state index contributed by atoms with van der Waals surface area (Å²) in [7, 11) is -4.25. The van der Waals surface area contributed by atoms with Crippen LogP contribution >= 0.6 is 11.6 Å². The lowest BCUT2D eigenvalue weighted by Crippen LogP contribution is -2.12. The molecule has 2 rings (SSSR count). The van der Waals surface area contributed by atoms with Crippen LogP contribution in [0.5, 0.6) is 5.75 Å². The number of hydrogen-bond acceptors (Lipinski definition) is 3. The lowest BCUT2D eigenvalue weighted by atomic mass is 10.2. The van der Waals surface area contributed by atoms with E-state index in [-0.39, 0.29) is 15.7 Å². The highest BCUT2D eigenvalue weighted by Crippen LogP contribution is 2.29. The maximum absolute atomic E-state index is 13.2. The minimum absolute atomic E-state index is 0.192. The molecule has 106 valence electrons. The van der Waals surface area contributed by atoms with Crippen LogP contribution in [0, 0.1) is 18.6 Å². The number of benzene rings is 2. The summed E-state index contributed by atoms with van der Waals surface area (Å²) in [4.78, 5) is -0.308. The van der Waals surface area contributed by atoms with Crippen molar-refractivity contribution in [1.29, 1.82) is 0 Å². The smallest absolute Gasteiger partial charge is 0.339 e. The van der Waals surface area contributed by atoms with Crippen molar-refractivity contribution in [3.8, 4) is 5.75 Å². The van der Waals surface area contributed by atoms with Gasteiger partial charge < -0.3 is 4.18 Å². The Morgan fingerprint density at radius 3 is 2.30 bits per heavy atom. The van der Waals surface area contributed by atoms with Crippen LogP contribution < -0.4 is 4.18 Å². The van der Waals surface area contributed by atoms with Crippen LogP contribution in [0.1, 0.15) is 5.56 Å². The van der Waals surface area contributed by atoms with E-state index < -0.39 is 21.8 Å². The number of hydrogen-bond donors (Lipinski definition) is 0. The topological polar surface area (TPSA) is 43.4 Å². The van der Waals surface area contributed by atoms with Crippen molar-refractivity contribution in [2.45, 2.75) is 11.8 Å². The molecule has 20 heavy (non-hydrogen) atoms. The predicted octanol–water partition coefficient (Wildman–Crippen LogP) is 3.69. The SMILES string of the molecule is Cc1ccc(F)cc1S(=O)(=O)Oc1ccc(F)cc1Cl. The van der Waals surface area contributed by atoms with Gasteiger partial charge in [0.15, 0.2) is 5.75 Å². The van der Waals surface area contributed by atoms with E-state index in [0.717, 1.165) is 30.3 Å². The normalized spacial score (nSPS) is 11.4. The summed E-state index contributed by atoms with van der Waals surface area (Å²) in [6, 6.07) is 6.32. The molecule has 0 fully saturated rings. The third kappa shape index (κ3) is 3.08. The van der Waals surface area contributed by atoms with Gasteiger partial charge in [0.1, 0.15) is 16.5 Å². The second kappa shape index (κ2) is 5.38. The van der Waals surface area contributed by atoms with Crippen molar-refractivity contribution in [1.82, 2.24) is 0 Å². The number of rotatable bonds is 3. The molecule has 0 spiro atoms. The zero-order valence-corrected chi connectivity index (χ0v) is 11.8. The summed E-state index contributed by atoms with van der Waals surface area (Å²) in [5.41, 5.74) is 0.324. The Kier molecular flexibility index (Phi) is 3.96. The Bertz CT molecular complexity index is 760. The second-order valence-corrected chi connectivity index (χ2v) is 5.94. The van der Waals surface area contributed by atoms with E-state index in [9.17, 15) is 17.2 Å². The molecule has 0 aliphatic heterocycles. The highest BCUT2D eigenvalue weighted by molar-refractivity contribution is 7.87. The largest absolute Gasteiger partial charge is 0.377 e. The molecule has 3 nitrogen and oxygen atoms in total. The van der Waals surface area contributed by atoms with Gasteiger partial charge in [-0.15, -0.1) is 0 Å². The standard InChI is InChI=1S/C13H9ClF2O3S/c1-8-2-3-10(16)7-13(8)20(17,18)19-12-5-4-9(15)6-11(12)14/h2-7H,1H3. The van der Waals surface area contributed by atoms with Gasteiger partial charge in [0.25, 0.3) is 0 Å². The average molecular weight is 319 g/mol. The van der Waals surface area contributed by atoms with Gasteiger partial charge in [-0.25, -0.2) is 8.78 Å². The lowest BCUT2D eigenvalue weighted by Gasteiger charge is -2.10. The van der Waals surface area contributed by atoms with Crippen LogP contribution in [-0.4, -0.2) is 8.42 Å². The molecule has 0 N–H and O–H groups in total. The van der Waals surface area contributed by atoms with E-state index in [1.807, 2.05) is 0 Å². The summed E-state index contributed by atoms with van der Waals surface area (Å²) < 4.78 is 55.0. The molecule has 0 aromatic heterocycles. The fourth-order valence-corrected chi connectivity index (χ4v) is 2.99. The molecular weight excluding hydrogens is 310 g/mol. The molecule has 0 heterocycles. The van der Waals surface area contributed by atoms with Gasteiger partial charge >= 0.3 is 10.1 Å². The summed E-state index contributed by atoms with van der Waals surface area (Å²) >= 11 is 5.69. The van der Waals surface area contributed by atoms with E-state index in [4.69, 9.17) is 15.8 Å². The van der Waals surface area contributed by atoms with E-state index in [2.05, 4.69) is 0 Å². The third-order valence-electron chi connectivity index (χ3n) is 2.51. The monoisotopic (exact) mass is 318 g/mol. The van der Waals surface area contributed by atoms with E-state index in [0.29, 0.717) is 5.56 Å². The summed E-state index contributed by atoms with van der Waals surface area (Å²) in [6.45, 7) is 1.50.